The molecule has 37 heavy (non-hydrogen) atoms. The smallest absolute Gasteiger partial charge is 0.398 e. The molecular formula is C22H13F12N3. The lowest BCUT2D eigenvalue weighted by molar-refractivity contribution is -0.143. The first-order valence-corrected chi connectivity index (χ1v) is 9.74. The van der Waals surface area contributed by atoms with Crippen molar-refractivity contribution in [1.82, 2.24) is 0 Å². The molecule has 0 radical (unpaired) electrons. The molecule has 0 heterocycles. The standard InChI is InChI=1S/C22H13F12N3/c23-19(24,25)11-6-13(21(29,30)31)17(8-15(11)35)37(10-4-2-1-3-5-10)18-9-16(36)12(20(26,27)28)7-14(18)22(32,33)34/h1-9H,35-36H2. The SMILES string of the molecule is Nc1cc(N(c2ccccc2)c2cc(N)c(C(F)(F)F)cc2C(F)(F)F)c(C(F)(F)F)cc1C(F)(F)F. The van der Waals surface area contributed by atoms with Gasteiger partial charge in [0.25, 0.3) is 0 Å². The first-order chi connectivity index (χ1) is 16.7. The number of rotatable bonds is 3. The van der Waals surface area contributed by atoms with Gasteiger partial charge in [0.15, 0.2) is 0 Å². The van der Waals surface area contributed by atoms with Crippen LogP contribution >= 0.6 is 0 Å². The van der Waals surface area contributed by atoms with Crippen LogP contribution in [0.15, 0.2) is 54.6 Å². The van der Waals surface area contributed by atoms with Gasteiger partial charge in [-0.2, -0.15) is 52.7 Å². The Morgan fingerprint density at radius 1 is 0.459 bits per heavy atom. The lowest BCUT2D eigenvalue weighted by Gasteiger charge is -2.32. The highest BCUT2D eigenvalue weighted by Crippen LogP contribution is 2.51. The van der Waals surface area contributed by atoms with Crippen molar-refractivity contribution >= 4 is 28.4 Å². The highest BCUT2D eigenvalue weighted by atomic mass is 19.4. The summed E-state index contributed by atoms with van der Waals surface area (Å²) in [6.45, 7) is 0. The number of nitrogens with zero attached hydrogens (tertiary/aromatic N) is 1. The Morgan fingerprint density at radius 3 is 1.08 bits per heavy atom. The Labute approximate surface area is 199 Å². The largest absolute Gasteiger partial charge is 0.418 e. The number of para-hydroxylation sites is 1. The first kappa shape index (κ1) is 27.8. The number of anilines is 5. The second-order valence-electron chi connectivity index (χ2n) is 7.58. The fraction of sp³-hybridized carbons (Fsp3) is 0.182. The quantitative estimate of drug-likeness (QED) is 0.256. The van der Waals surface area contributed by atoms with E-state index in [1.165, 1.54) is 18.2 Å². The van der Waals surface area contributed by atoms with Gasteiger partial charge in [0.1, 0.15) is 0 Å². The van der Waals surface area contributed by atoms with Gasteiger partial charge in [0, 0.05) is 17.1 Å². The van der Waals surface area contributed by atoms with E-state index in [0.717, 1.165) is 12.1 Å². The molecule has 0 bridgehead atoms. The Kier molecular flexibility index (Phi) is 6.73. The van der Waals surface area contributed by atoms with Gasteiger partial charge in [0.05, 0.1) is 33.6 Å². The van der Waals surface area contributed by atoms with Crippen LogP contribution in [0.2, 0.25) is 0 Å². The molecule has 0 aromatic heterocycles. The Morgan fingerprint density at radius 2 is 0.784 bits per heavy atom. The van der Waals surface area contributed by atoms with Crippen LogP contribution < -0.4 is 16.4 Å². The van der Waals surface area contributed by atoms with Crippen LogP contribution in [0.5, 0.6) is 0 Å². The molecule has 3 nitrogen and oxygen atoms in total. The zero-order chi connectivity index (χ0) is 28.1. The normalized spacial score (nSPS) is 13.1. The predicted octanol–water partition coefficient (Wildman–Crippen LogP) is 8.40. The molecule has 0 aliphatic heterocycles. The van der Waals surface area contributed by atoms with Crippen molar-refractivity contribution in [3.63, 3.8) is 0 Å². The highest BCUT2D eigenvalue weighted by molar-refractivity contribution is 5.85. The summed E-state index contributed by atoms with van der Waals surface area (Å²) in [5.41, 5.74) is -2.90. The summed E-state index contributed by atoms with van der Waals surface area (Å²) in [6, 6.07) is 5.15. The van der Waals surface area contributed by atoms with Crippen molar-refractivity contribution in [1.29, 1.82) is 0 Å². The van der Waals surface area contributed by atoms with Crippen molar-refractivity contribution in [2.24, 2.45) is 0 Å². The molecule has 0 amide bonds. The molecule has 0 saturated heterocycles. The third-order valence-electron chi connectivity index (χ3n) is 5.05. The summed E-state index contributed by atoms with van der Waals surface area (Å²) in [4.78, 5) is 0.193. The van der Waals surface area contributed by atoms with Crippen molar-refractivity contribution in [3.8, 4) is 0 Å². The fourth-order valence-corrected chi connectivity index (χ4v) is 3.51. The third-order valence-corrected chi connectivity index (χ3v) is 5.05. The van der Waals surface area contributed by atoms with Gasteiger partial charge in [0.2, 0.25) is 0 Å². The lowest BCUT2D eigenvalue weighted by Crippen LogP contribution is -2.23. The van der Waals surface area contributed by atoms with Crippen molar-refractivity contribution in [3.05, 3.63) is 76.9 Å². The summed E-state index contributed by atoms with van der Waals surface area (Å²) >= 11 is 0. The second kappa shape index (κ2) is 8.95. The molecule has 4 N–H and O–H groups in total. The molecule has 15 heteroatoms. The summed E-state index contributed by atoms with van der Waals surface area (Å²) in [5, 5.41) is 0. The van der Waals surface area contributed by atoms with E-state index in [2.05, 4.69) is 0 Å². The fourth-order valence-electron chi connectivity index (χ4n) is 3.51. The maximum absolute atomic E-state index is 13.9. The van der Waals surface area contributed by atoms with Crippen LogP contribution in [-0.2, 0) is 24.7 Å². The molecule has 0 unspecified atom stereocenters. The van der Waals surface area contributed by atoms with Gasteiger partial charge < -0.3 is 16.4 Å². The van der Waals surface area contributed by atoms with Gasteiger partial charge in [-0.1, -0.05) is 18.2 Å². The minimum Gasteiger partial charge on any atom is -0.398 e. The van der Waals surface area contributed by atoms with Gasteiger partial charge in [-0.25, -0.2) is 0 Å². The predicted molar refractivity (Wildman–Crippen MR) is 110 cm³/mol. The Bertz CT molecular complexity index is 1210. The van der Waals surface area contributed by atoms with Crippen molar-refractivity contribution in [2.45, 2.75) is 24.7 Å². The second-order valence-corrected chi connectivity index (χ2v) is 7.58. The average molecular weight is 547 g/mol. The average Bonchev–Trinajstić information content (AvgIpc) is 2.71. The molecular weight excluding hydrogens is 534 g/mol. The van der Waals surface area contributed by atoms with Crippen molar-refractivity contribution in [2.75, 3.05) is 16.4 Å². The maximum atomic E-state index is 13.9. The minimum absolute atomic E-state index is 0.145. The Hall–Kier alpha value is -3.78. The molecule has 0 spiro atoms. The molecule has 0 fully saturated rings. The number of nitrogen functional groups attached to an aromatic ring is 2. The summed E-state index contributed by atoms with van der Waals surface area (Å²) < 4.78 is 163. The van der Waals surface area contributed by atoms with Gasteiger partial charge in [-0.15, -0.1) is 0 Å². The van der Waals surface area contributed by atoms with E-state index in [0.29, 0.717) is 0 Å². The summed E-state index contributed by atoms with van der Waals surface area (Å²) in [7, 11) is 0. The van der Waals surface area contributed by atoms with E-state index in [1.54, 1.807) is 0 Å². The van der Waals surface area contributed by atoms with E-state index in [-0.39, 0.29) is 29.2 Å². The molecule has 3 aromatic carbocycles. The van der Waals surface area contributed by atoms with Crippen LogP contribution in [0.4, 0.5) is 81.1 Å². The van der Waals surface area contributed by atoms with E-state index < -0.39 is 75.4 Å². The van der Waals surface area contributed by atoms with E-state index in [1.807, 2.05) is 0 Å². The van der Waals surface area contributed by atoms with Crippen LogP contribution in [-0.4, -0.2) is 0 Å². The molecule has 3 aromatic rings. The van der Waals surface area contributed by atoms with E-state index in [9.17, 15) is 52.7 Å². The maximum Gasteiger partial charge on any atom is 0.418 e. The monoisotopic (exact) mass is 547 g/mol. The number of hydrogen-bond donors (Lipinski definition) is 2. The van der Waals surface area contributed by atoms with Crippen molar-refractivity contribution < 1.29 is 52.7 Å². The zero-order valence-electron chi connectivity index (χ0n) is 17.8. The van der Waals surface area contributed by atoms with Gasteiger partial charge in [-0.05, 0) is 36.4 Å². The van der Waals surface area contributed by atoms with E-state index >= 15 is 0 Å². The van der Waals surface area contributed by atoms with Crippen LogP contribution in [0.25, 0.3) is 0 Å². The number of benzene rings is 3. The van der Waals surface area contributed by atoms with Gasteiger partial charge >= 0.3 is 24.7 Å². The number of hydrogen-bond acceptors (Lipinski definition) is 3. The molecule has 0 aliphatic rings. The Balaban J connectivity index is 2.51. The summed E-state index contributed by atoms with van der Waals surface area (Å²) in [5.74, 6) is 0. The third kappa shape index (κ3) is 5.64. The number of nitrogens with two attached hydrogens (primary N) is 2. The van der Waals surface area contributed by atoms with Crippen LogP contribution in [0, 0.1) is 0 Å². The van der Waals surface area contributed by atoms with E-state index in [4.69, 9.17) is 11.5 Å². The topological polar surface area (TPSA) is 55.3 Å². The molecule has 0 aliphatic carbocycles. The zero-order valence-corrected chi connectivity index (χ0v) is 17.8. The van der Waals surface area contributed by atoms with Gasteiger partial charge in [-0.3, -0.25) is 0 Å². The minimum atomic E-state index is -5.56. The molecule has 3 rings (SSSR count). The highest BCUT2D eigenvalue weighted by Gasteiger charge is 2.44. The van der Waals surface area contributed by atoms with Crippen LogP contribution in [0.3, 0.4) is 0 Å². The lowest BCUT2D eigenvalue weighted by atomic mass is 10.00. The van der Waals surface area contributed by atoms with Crippen LogP contribution in [0.1, 0.15) is 22.3 Å². The molecule has 0 atom stereocenters. The first-order valence-electron chi connectivity index (χ1n) is 9.74. The number of alkyl halides is 12. The molecule has 0 saturated carbocycles. The summed E-state index contributed by atoms with van der Waals surface area (Å²) in [6.07, 6.45) is -21.9. The molecule has 200 valence electrons. The number of halogens is 12.